The van der Waals surface area contributed by atoms with Gasteiger partial charge < -0.3 is 20.6 Å². The van der Waals surface area contributed by atoms with Gasteiger partial charge in [-0.05, 0) is 80.5 Å². The molecule has 56 heavy (non-hydrogen) atoms. The first-order valence-corrected chi connectivity index (χ1v) is 19.3. The SMILES string of the molecule is Cc1ccc(S(=O)(=O)n2ccc(C(=O)O)c2)cc1.O=C(O)CCC(=O)Nc1ccccc1.O=C(O)CCC1(Cc2ccccc2)CCCc2ccccc2C1=O. The number of rotatable bonds is 12. The molecule has 1 atom stereocenters. The number of aromatic nitrogens is 1. The minimum atomic E-state index is -3.72. The van der Waals surface area contributed by atoms with E-state index in [0.717, 1.165) is 51.7 Å². The van der Waals surface area contributed by atoms with Gasteiger partial charge in [-0.3, -0.25) is 19.2 Å². The summed E-state index contributed by atoms with van der Waals surface area (Å²) in [6.45, 7) is 1.86. The molecule has 12 nitrogen and oxygen atoms in total. The van der Waals surface area contributed by atoms with Gasteiger partial charge in [0.25, 0.3) is 10.0 Å². The Morgan fingerprint density at radius 2 is 1.36 bits per heavy atom. The molecule has 0 saturated heterocycles. The highest BCUT2D eigenvalue weighted by molar-refractivity contribution is 7.90. The summed E-state index contributed by atoms with van der Waals surface area (Å²) in [6, 6.07) is 34.2. The summed E-state index contributed by atoms with van der Waals surface area (Å²) >= 11 is 0. The van der Waals surface area contributed by atoms with Gasteiger partial charge >= 0.3 is 17.9 Å². The number of amides is 1. The number of aryl methyl sites for hydroxylation is 2. The van der Waals surface area contributed by atoms with Crippen LogP contribution in [0.25, 0.3) is 0 Å². The number of carboxylic acids is 3. The van der Waals surface area contributed by atoms with Crippen LogP contribution < -0.4 is 5.32 Å². The fraction of sp³-hybridized carbons (Fsp3) is 0.233. The van der Waals surface area contributed by atoms with E-state index in [-0.39, 0.29) is 41.4 Å². The predicted octanol–water partition coefficient (Wildman–Crippen LogP) is 7.52. The van der Waals surface area contributed by atoms with E-state index >= 15 is 0 Å². The average Bonchev–Trinajstić information content (AvgIpc) is 3.65. The number of anilines is 1. The van der Waals surface area contributed by atoms with Crippen molar-refractivity contribution >= 4 is 45.3 Å². The van der Waals surface area contributed by atoms with Crippen LogP contribution in [0.5, 0.6) is 0 Å². The standard InChI is InChI=1S/C21H22O3.C12H11NO4S.C10H11NO3/c22-19(23)12-14-21(15-16-7-2-1-3-8-16)13-6-10-17-9-4-5-11-18(17)20(21)24;1-9-2-4-11(5-3-9)18(16,17)13-7-6-10(8-13)12(14)15;12-9(6-7-10(13)14)11-8-4-2-1-3-5-8/h1-5,7-9,11H,6,10,12-15H2,(H,22,23);2-8H,1H3,(H,14,15);1-5H,6-7H2,(H,11,12)(H,13,14). The number of carboxylic acid groups (broad SMARTS) is 3. The van der Waals surface area contributed by atoms with Gasteiger partial charge in [0.2, 0.25) is 5.91 Å². The maximum atomic E-state index is 13.4. The topological polar surface area (TPSA) is 197 Å². The van der Waals surface area contributed by atoms with E-state index in [1.807, 2.05) is 67.6 Å². The van der Waals surface area contributed by atoms with E-state index in [9.17, 15) is 32.4 Å². The molecule has 1 aliphatic carbocycles. The number of carbonyl (C=O) groups excluding carboxylic acids is 2. The second kappa shape index (κ2) is 19.8. The molecule has 0 spiro atoms. The molecular formula is C43H44N2O10S. The third-order valence-corrected chi connectivity index (χ3v) is 10.8. The van der Waals surface area contributed by atoms with Crippen molar-refractivity contribution in [2.24, 2.45) is 5.41 Å². The Labute approximate surface area is 325 Å². The zero-order valence-corrected chi connectivity index (χ0v) is 31.7. The van der Waals surface area contributed by atoms with Crippen molar-refractivity contribution in [2.75, 3.05) is 5.32 Å². The Morgan fingerprint density at radius 1 is 0.750 bits per heavy atom. The Balaban J connectivity index is 0.000000194. The number of nitrogens with one attached hydrogen (secondary N) is 1. The van der Waals surface area contributed by atoms with Crippen molar-refractivity contribution < 1.29 is 47.7 Å². The van der Waals surface area contributed by atoms with E-state index in [0.29, 0.717) is 18.5 Å². The summed E-state index contributed by atoms with van der Waals surface area (Å²) in [5.74, 6) is -3.13. The fourth-order valence-corrected chi connectivity index (χ4v) is 7.45. The predicted molar refractivity (Wildman–Crippen MR) is 210 cm³/mol. The summed E-state index contributed by atoms with van der Waals surface area (Å²) in [7, 11) is -3.72. The zero-order valence-electron chi connectivity index (χ0n) is 30.8. The molecule has 1 aliphatic rings. The first-order valence-electron chi connectivity index (χ1n) is 17.9. The van der Waals surface area contributed by atoms with Crippen molar-refractivity contribution in [3.63, 3.8) is 0 Å². The van der Waals surface area contributed by atoms with Crippen molar-refractivity contribution in [3.05, 3.63) is 155 Å². The number of aromatic carboxylic acids is 1. The molecule has 1 heterocycles. The molecule has 4 aromatic carbocycles. The number of aliphatic carboxylic acids is 2. The molecule has 0 fully saturated rings. The average molecular weight is 781 g/mol. The second-order valence-electron chi connectivity index (χ2n) is 13.3. The summed E-state index contributed by atoms with van der Waals surface area (Å²) < 4.78 is 25.2. The fourth-order valence-electron chi connectivity index (χ4n) is 6.25. The largest absolute Gasteiger partial charge is 0.481 e. The van der Waals surface area contributed by atoms with E-state index < -0.39 is 33.3 Å². The van der Waals surface area contributed by atoms with Crippen LogP contribution in [-0.2, 0) is 37.2 Å². The maximum absolute atomic E-state index is 13.4. The number of fused-ring (bicyclic) bond motifs is 1. The first kappa shape index (κ1) is 42.4. The van der Waals surface area contributed by atoms with Crippen molar-refractivity contribution in [3.8, 4) is 0 Å². The van der Waals surface area contributed by atoms with Crippen LogP contribution in [0, 0.1) is 12.3 Å². The van der Waals surface area contributed by atoms with Crippen molar-refractivity contribution in [1.29, 1.82) is 0 Å². The molecule has 6 rings (SSSR count). The number of para-hydroxylation sites is 1. The van der Waals surface area contributed by atoms with Crippen LogP contribution in [0.1, 0.15) is 75.9 Å². The van der Waals surface area contributed by atoms with E-state index in [4.69, 9.17) is 15.3 Å². The number of hydrogen-bond donors (Lipinski definition) is 4. The van der Waals surface area contributed by atoms with E-state index in [1.54, 1.807) is 36.4 Å². The Morgan fingerprint density at radius 3 is 1.96 bits per heavy atom. The summed E-state index contributed by atoms with van der Waals surface area (Å²) in [5, 5.41) is 28.9. The van der Waals surface area contributed by atoms with Gasteiger partial charge in [0.15, 0.2) is 5.78 Å². The lowest BCUT2D eigenvalue weighted by atomic mass is 9.70. The Kier molecular flexibility index (Phi) is 15.0. The van der Waals surface area contributed by atoms with Crippen molar-refractivity contribution in [2.45, 2.75) is 63.2 Å². The van der Waals surface area contributed by atoms with Gasteiger partial charge in [0, 0.05) is 41.9 Å². The van der Waals surface area contributed by atoms with Gasteiger partial charge in [-0.2, -0.15) is 0 Å². The van der Waals surface area contributed by atoms with Crippen LogP contribution in [-0.4, -0.2) is 57.3 Å². The van der Waals surface area contributed by atoms with Gasteiger partial charge in [0.1, 0.15) is 0 Å². The van der Waals surface area contributed by atoms with Crippen molar-refractivity contribution in [1.82, 2.24) is 3.97 Å². The molecule has 4 N–H and O–H groups in total. The van der Waals surface area contributed by atoms with Gasteiger partial charge in [-0.15, -0.1) is 0 Å². The van der Waals surface area contributed by atoms with Crippen LogP contribution in [0.3, 0.4) is 0 Å². The molecule has 0 saturated carbocycles. The lowest BCUT2D eigenvalue weighted by Crippen LogP contribution is -2.34. The minimum Gasteiger partial charge on any atom is -0.481 e. The van der Waals surface area contributed by atoms with Crippen LogP contribution in [0.4, 0.5) is 5.69 Å². The molecular weight excluding hydrogens is 737 g/mol. The summed E-state index contributed by atoms with van der Waals surface area (Å²) in [4.78, 5) is 56.7. The monoisotopic (exact) mass is 780 g/mol. The molecule has 0 bridgehead atoms. The summed E-state index contributed by atoms with van der Waals surface area (Å²) in [6.07, 6.45) is 5.72. The third kappa shape index (κ3) is 12.1. The highest BCUT2D eigenvalue weighted by Crippen LogP contribution is 2.41. The highest BCUT2D eigenvalue weighted by Gasteiger charge is 2.41. The lowest BCUT2D eigenvalue weighted by molar-refractivity contribution is -0.138. The number of carbonyl (C=O) groups is 5. The maximum Gasteiger partial charge on any atom is 0.337 e. The number of nitrogens with zero attached hydrogens (tertiary/aromatic N) is 1. The molecule has 292 valence electrons. The van der Waals surface area contributed by atoms with Gasteiger partial charge in [-0.25, -0.2) is 17.2 Å². The molecule has 13 heteroatoms. The van der Waals surface area contributed by atoms with Crippen LogP contribution >= 0.6 is 0 Å². The third-order valence-electron chi connectivity index (χ3n) is 9.18. The quantitative estimate of drug-likeness (QED) is 0.0919. The van der Waals surface area contributed by atoms with E-state index in [2.05, 4.69) is 5.32 Å². The minimum absolute atomic E-state index is 0.00419. The second-order valence-corrected chi connectivity index (χ2v) is 15.2. The molecule has 1 aromatic heterocycles. The number of benzene rings is 4. The number of Topliss-reactive ketones (excluding diaryl/α,β-unsaturated/α-hetero) is 1. The highest BCUT2D eigenvalue weighted by atomic mass is 32.2. The Bertz CT molecular complexity index is 2240. The van der Waals surface area contributed by atoms with Crippen LogP contribution in [0.2, 0.25) is 0 Å². The van der Waals surface area contributed by atoms with Crippen LogP contribution in [0.15, 0.2) is 133 Å². The first-order chi connectivity index (χ1) is 26.7. The normalized spacial score (nSPS) is 14.7. The van der Waals surface area contributed by atoms with E-state index in [1.165, 1.54) is 24.4 Å². The van der Waals surface area contributed by atoms with Gasteiger partial charge in [0.05, 0.1) is 16.9 Å². The molecule has 1 amide bonds. The zero-order chi connectivity index (χ0) is 40.7. The number of hydrogen-bond acceptors (Lipinski definition) is 7. The molecule has 0 aliphatic heterocycles. The Hall–Kier alpha value is -6.34. The number of ketones is 1. The smallest absolute Gasteiger partial charge is 0.337 e. The van der Waals surface area contributed by atoms with Gasteiger partial charge in [-0.1, -0.05) is 90.5 Å². The molecule has 0 radical (unpaired) electrons. The molecule has 1 unspecified atom stereocenters. The molecule has 5 aromatic rings. The lowest BCUT2D eigenvalue weighted by Gasteiger charge is -2.31. The summed E-state index contributed by atoms with van der Waals surface area (Å²) in [5.41, 5.74) is 3.91.